The van der Waals surface area contributed by atoms with Crippen molar-refractivity contribution < 1.29 is 19.1 Å². The number of imide groups is 1. The highest BCUT2D eigenvalue weighted by Gasteiger charge is 2.66. The Bertz CT molecular complexity index is 347. The fourth-order valence-electron chi connectivity index (χ4n) is 2.00. The van der Waals surface area contributed by atoms with Crippen molar-refractivity contribution in [3.05, 3.63) is 0 Å². The molecule has 0 aromatic rings. The third kappa shape index (κ3) is 0.818. The fraction of sp³-hybridized carbons (Fsp3) is 0.667. The number of nitrogens with one attached hydrogen (secondary N) is 1. The summed E-state index contributed by atoms with van der Waals surface area (Å²) < 4.78 is 5.04. The monoisotopic (exact) mass is 197 g/mol. The van der Waals surface area contributed by atoms with Gasteiger partial charge in [-0.05, 0) is 13.8 Å². The van der Waals surface area contributed by atoms with Gasteiger partial charge in [-0.25, -0.2) is 0 Å². The van der Waals surface area contributed by atoms with Crippen LogP contribution in [0.2, 0.25) is 0 Å². The van der Waals surface area contributed by atoms with Crippen molar-refractivity contribution >= 4 is 17.8 Å². The summed E-state index contributed by atoms with van der Waals surface area (Å²) in [7, 11) is 0. The lowest BCUT2D eigenvalue weighted by Crippen LogP contribution is -2.47. The van der Waals surface area contributed by atoms with Crippen LogP contribution < -0.4 is 5.32 Å². The summed E-state index contributed by atoms with van der Waals surface area (Å²) in [5.41, 5.74) is -2.22. The second-order valence-corrected chi connectivity index (χ2v) is 4.21. The molecule has 2 saturated heterocycles. The molecule has 0 saturated carbocycles. The van der Waals surface area contributed by atoms with E-state index in [2.05, 4.69) is 5.32 Å². The van der Waals surface area contributed by atoms with E-state index in [1.807, 2.05) is 0 Å². The Hall–Kier alpha value is -1.39. The number of carbonyl (C=O) groups is 3. The first-order valence-corrected chi connectivity index (χ1v) is 4.48. The quantitative estimate of drug-likeness (QED) is 0.429. The van der Waals surface area contributed by atoms with Gasteiger partial charge in [-0.15, -0.1) is 0 Å². The molecule has 2 aliphatic heterocycles. The number of hydrogen-bond acceptors (Lipinski definition) is 4. The number of hydrogen-bond donors (Lipinski definition) is 1. The Morgan fingerprint density at radius 1 is 1.21 bits per heavy atom. The van der Waals surface area contributed by atoms with Crippen molar-refractivity contribution in [1.82, 2.24) is 5.32 Å². The van der Waals surface area contributed by atoms with Crippen LogP contribution in [0.3, 0.4) is 0 Å². The predicted molar refractivity (Wildman–Crippen MR) is 45.0 cm³/mol. The molecule has 2 aliphatic rings. The van der Waals surface area contributed by atoms with Gasteiger partial charge >= 0.3 is 5.97 Å². The molecule has 0 unspecified atom stereocenters. The normalized spacial score (nSPS) is 34.9. The topological polar surface area (TPSA) is 72.5 Å². The van der Waals surface area contributed by atoms with E-state index in [1.165, 1.54) is 0 Å². The van der Waals surface area contributed by atoms with Crippen molar-refractivity contribution in [2.24, 2.45) is 5.41 Å². The zero-order chi connectivity index (χ0) is 10.6. The summed E-state index contributed by atoms with van der Waals surface area (Å²) >= 11 is 0. The molecule has 14 heavy (non-hydrogen) atoms. The van der Waals surface area contributed by atoms with E-state index in [0.717, 1.165) is 0 Å². The van der Waals surface area contributed by atoms with Gasteiger partial charge < -0.3 is 4.74 Å². The molecule has 2 heterocycles. The Labute approximate surface area is 80.8 Å². The van der Waals surface area contributed by atoms with Gasteiger partial charge in [-0.3, -0.25) is 19.7 Å². The van der Waals surface area contributed by atoms with E-state index >= 15 is 0 Å². The van der Waals surface area contributed by atoms with Gasteiger partial charge in [0.1, 0.15) is 0 Å². The average molecular weight is 197 g/mol. The highest BCUT2D eigenvalue weighted by Crippen LogP contribution is 2.46. The maximum Gasteiger partial charge on any atom is 0.307 e. The van der Waals surface area contributed by atoms with Gasteiger partial charge in [-0.1, -0.05) is 0 Å². The van der Waals surface area contributed by atoms with Gasteiger partial charge in [0.15, 0.2) is 0 Å². The summed E-state index contributed by atoms with van der Waals surface area (Å²) in [6, 6.07) is 0. The minimum atomic E-state index is -1.26. The minimum Gasteiger partial charge on any atom is -0.448 e. The first-order valence-electron chi connectivity index (χ1n) is 4.48. The molecule has 5 heteroatoms. The second-order valence-electron chi connectivity index (χ2n) is 4.21. The van der Waals surface area contributed by atoms with E-state index < -0.39 is 22.9 Å². The van der Waals surface area contributed by atoms with Crippen molar-refractivity contribution in [2.45, 2.75) is 32.3 Å². The van der Waals surface area contributed by atoms with Crippen LogP contribution in [0.25, 0.3) is 0 Å². The molecule has 2 fully saturated rings. The van der Waals surface area contributed by atoms with Crippen LogP contribution in [-0.4, -0.2) is 23.4 Å². The Kier molecular flexibility index (Phi) is 1.54. The molecule has 0 aliphatic carbocycles. The number of amides is 2. The SMILES string of the molecule is CC1(C)C(=O)NC(=O)[C@]12CCC(=O)O2. The molecule has 0 aromatic carbocycles. The molecule has 1 spiro atoms. The molecule has 5 nitrogen and oxygen atoms in total. The third-order valence-corrected chi connectivity index (χ3v) is 3.14. The van der Waals surface area contributed by atoms with Crippen LogP contribution in [0.4, 0.5) is 0 Å². The van der Waals surface area contributed by atoms with E-state index in [4.69, 9.17) is 4.74 Å². The number of carbonyl (C=O) groups excluding carboxylic acids is 3. The summed E-state index contributed by atoms with van der Waals surface area (Å²) in [6.45, 7) is 3.23. The van der Waals surface area contributed by atoms with Crippen molar-refractivity contribution in [2.75, 3.05) is 0 Å². The lowest BCUT2D eigenvalue weighted by molar-refractivity contribution is -0.164. The molecule has 76 valence electrons. The highest BCUT2D eigenvalue weighted by molar-refractivity contribution is 6.12. The first kappa shape index (κ1) is 9.18. The lowest BCUT2D eigenvalue weighted by Gasteiger charge is -2.30. The summed E-state index contributed by atoms with van der Waals surface area (Å²) in [5.74, 6) is -1.28. The van der Waals surface area contributed by atoms with E-state index in [9.17, 15) is 14.4 Å². The molecule has 0 bridgehead atoms. The summed E-state index contributed by atoms with van der Waals surface area (Å²) in [6.07, 6.45) is 0.487. The summed E-state index contributed by atoms with van der Waals surface area (Å²) in [4.78, 5) is 34.0. The van der Waals surface area contributed by atoms with Gasteiger partial charge in [0.25, 0.3) is 5.91 Å². The van der Waals surface area contributed by atoms with Gasteiger partial charge in [-0.2, -0.15) is 0 Å². The van der Waals surface area contributed by atoms with Crippen LogP contribution in [0.1, 0.15) is 26.7 Å². The number of ether oxygens (including phenoxy) is 1. The van der Waals surface area contributed by atoms with Crippen LogP contribution in [0.15, 0.2) is 0 Å². The molecule has 0 radical (unpaired) electrons. The van der Waals surface area contributed by atoms with Crippen LogP contribution in [0.5, 0.6) is 0 Å². The zero-order valence-corrected chi connectivity index (χ0v) is 8.05. The van der Waals surface area contributed by atoms with Crippen LogP contribution in [0, 0.1) is 5.41 Å². The highest BCUT2D eigenvalue weighted by atomic mass is 16.6. The maximum atomic E-state index is 11.6. The maximum absolute atomic E-state index is 11.6. The van der Waals surface area contributed by atoms with E-state index in [1.54, 1.807) is 13.8 Å². The summed E-state index contributed by atoms with van der Waals surface area (Å²) in [5, 5.41) is 2.21. The van der Waals surface area contributed by atoms with Crippen molar-refractivity contribution in [3.8, 4) is 0 Å². The second kappa shape index (κ2) is 2.34. The third-order valence-electron chi connectivity index (χ3n) is 3.14. The van der Waals surface area contributed by atoms with Crippen LogP contribution >= 0.6 is 0 Å². The van der Waals surface area contributed by atoms with Crippen LogP contribution in [-0.2, 0) is 19.1 Å². The molecule has 2 rings (SSSR count). The number of rotatable bonds is 0. The molecule has 1 N–H and O–H groups in total. The van der Waals surface area contributed by atoms with E-state index in [0.29, 0.717) is 0 Å². The largest absolute Gasteiger partial charge is 0.448 e. The molecular weight excluding hydrogens is 186 g/mol. The predicted octanol–water partition coefficient (Wildman–Crippen LogP) is -0.255. The van der Waals surface area contributed by atoms with Gasteiger partial charge in [0.2, 0.25) is 11.5 Å². The van der Waals surface area contributed by atoms with Gasteiger partial charge in [0, 0.05) is 12.8 Å². The molecule has 2 amide bonds. The average Bonchev–Trinajstić information content (AvgIpc) is 2.53. The van der Waals surface area contributed by atoms with E-state index in [-0.39, 0.29) is 18.7 Å². The lowest BCUT2D eigenvalue weighted by atomic mass is 9.75. The smallest absolute Gasteiger partial charge is 0.307 e. The molecular formula is C9H11NO4. The Balaban J connectivity index is 2.47. The van der Waals surface area contributed by atoms with Gasteiger partial charge in [0.05, 0.1) is 5.41 Å². The fourth-order valence-corrected chi connectivity index (χ4v) is 2.00. The first-order chi connectivity index (χ1) is 6.40. The number of esters is 1. The Morgan fingerprint density at radius 3 is 2.21 bits per heavy atom. The van der Waals surface area contributed by atoms with Crippen molar-refractivity contribution in [1.29, 1.82) is 0 Å². The van der Waals surface area contributed by atoms with Crippen molar-refractivity contribution in [3.63, 3.8) is 0 Å². The Morgan fingerprint density at radius 2 is 1.86 bits per heavy atom. The minimum absolute atomic E-state index is 0.199. The molecule has 1 atom stereocenters. The zero-order valence-electron chi connectivity index (χ0n) is 8.05. The molecule has 0 aromatic heterocycles. The standard InChI is InChI=1S/C9H11NO4/c1-8(2)6(12)10-7(13)9(8)4-3-5(11)14-9/h3-4H2,1-2H3,(H,10,12,13)/t9-/m1/s1.